The Balaban J connectivity index is 1.26. The number of hydrogen-bond donors (Lipinski definition) is 2. The lowest BCUT2D eigenvalue weighted by molar-refractivity contribution is -0.115. The van der Waals surface area contributed by atoms with E-state index in [0.29, 0.717) is 34.7 Å². The molecule has 0 unspecified atom stereocenters. The van der Waals surface area contributed by atoms with Crippen LogP contribution in [0.4, 0.5) is 17.1 Å². The molecule has 3 aromatic carbocycles. The number of benzene rings is 3. The first-order valence-electron chi connectivity index (χ1n) is 10.7. The fraction of sp³-hybridized carbons (Fsp3) is 0.0769. The molecule has 0 radical (unpaired) electrons. The minimum Gasteiger partial charge on any atom is -0.323 e. The number of rotatable bonds is 5. The minimum atomic E-state index is -0.309. The van der Waals surface area contributed by atoms with Crippen LogP contribution in [0.5, 0.6) is 0 Å². The largest absolute Gasteiger partial charge is 0.323 e. The van der Waals surface area contributed by atoms with Gasteiger partial charge in [-0.05, 0) is 42.0 Å². The van der Waals surface area contributed by atoms with Crippen molar-refractivity contribution in [1.82, 2.24) is 4.98 Å². The zero-order chi connectivity index (χ0) is 23.5. The zero-order valence-electron chi connectivity index (χ0n) is 18.0. The molecule has 1 aromatic heterocycles. The highest BCUT2D eigenvalue weighted by atomic mass is 32.1. The fourth-order valence-corrected chi connectivity index (χ4v) is 4.54. The minimum absolute atomic E-state index is 0.0521. The lowest BCUT2D eigenvalue weighted by Crippen LogP contribution is -2.42. The number of nitrogens with zero attached hydrogens (tertiary/aromatic N) is 2. The van der Waals surface area contributed by atoms with Crippen molar-refractivity contribution in [3.8, 4) is 0 Å². The highest BCUT2D eigenvalue weighted by molar-refractivity contribution is 7.09. The first-order chi connectivity index (χ1) is 16.6. The Morgan fingerprint density at radius 2 is 1.71 bits per heavy atom. The van der Waals surface area contributed by atoms with Gasteiger partial charge in [0, 0.05) is 23.1 Å². The highest BCUT2D eigenvalue weighted by Crippen LogP contribution is 2.30. The number of thiazole rings is 1. The summed E-state index contributed by atoms with van der Waals surface area (Å²) in [4.78, 5) is 43.6. The van der Waals surface area contributed by atoms with Gasteiger partial charge in [-0.3, -0.25) is 19.3 Å². The molecule has 2 heterocycles. The molecule has 2 N–H and O–H groups in total. The van der Waals surface area contributed by atoms with E-state index in [0.717, 1.165) is 10.6 Å². The highest BCUT2D eigenvalue weighted by Gasteiger charge is 2.27. The van der Waals surface area contributed by atoms with Crippen LogP contribution in [0.15, 0.2) is 84.2 Å². The predicted octanol–water partition coefficient (Wildman–Crippen LogP) is 4.59. The van der Waals surface area contributed by atoms with Crippen LogP contribution in [0.2, 0.25) is 0 Å². The van der Waals surface area contributed by atoms with Gasteiger partial charge in [0.15, 0.2) is 0 Å². The molecule has 0 aliphatic carbocycles. The van der Waals surface area contributed by atoms with Gasteiger partial charge in [-0.1, -0.05) is 42.5 Å². The van der Waals surface area contributed by atoms with Crippen molar-refractivity contribution < 1.29 is 14.4 Å². The molecular weight excluding hydrogens is 448 g/mol. The van der Waals surface area contributed by atoms with E-state index in [4.69, 9.17) is 0 Å². The van der Waals surface area contributed by atoms with E-state index in [2.05, 4.69) is 15.6 Å². The van der Waals surface area contributed by atoms with Crippen LogP contribution in [0.25, 0.3) is 0 Å². The third kappa shape index (κ3) is 4.57. The Bertz CT molecular complexity index is 1370. The molecule has 34 heavy (non-hydrogen) atoms. The van der Waals surface area contributed by atoms with Gasteiger partial charge in [-0.25, -0.2) is 4.98 Å². The molecule has 3 amide bonds. The molecule has 0 saturated carbocycles. The fourth-order valence-electron chi connectivity index (χ4n) is 3.73. The SMILES string of the molecule is O=C1CN(C(=O)c2ccc(NC(=O)c3csc(Cc4ccccc4)n3)cc2)c2ccccc2N1. The molecule has 5 rings (SSSR count). The summed E-state index contributed by atoms with van der Waals surface area (Å²) in [5.41, 5.74) is 3.72. The normalized spacial score (nSPS) is 12.6. The standard InChI is InChI=1S/C26H20N4O3S/c31-23-15-30(22-9-5-4-8-20(22)28-23)26(33)18-10-12-19(13-11-18)27-25(32)21-16-34-24(29-21)14-17-6-2-1-3-7-17/h1-13,16H,14-15H2,(H,27,32)(H,28,31). The molecule has 0 saturated heterocycles. The number of aromatic nitrogens is 1. The van der Waals surface area contributed by atoms with E-state index in [1.807, 2.05) is 36.4 Å². The van der Waals surface area contributed by atoms with E-state index >= 15 is 0 Å². The number of para-hydroxylation sites is 2. The Morgan fingerprint density at radius 1 is 0.971 bits per heavy atom. The number of nitrogens with one attached hydrogen (secondary N) is 2. The van der Waals surface area contributed by atoms with Gasteiger partial charge in [-0.2, -0.15) is 0 Å². The summed E-state index contributed by atoms with van der Waals surface area (Å²) in [6.07, 6.45) is 0.674. The number of hydrogen-bond acceptors (Lipinski definition) is 5. The van der Waals surface area contributed by atoms with Gasteiger partial charge in [-0.15, -0.1) is 11.3 Å². The summed E-state index contributed by atoms with van der Waals surface area (Å²) in [5.74, 6) is -0.840. The third-order valence-electron chi connectivity index (χ3n) is 5.39. The molecule has 7 nitrogen and oxygen atoms in total. The average Bonchev–Trinajstić information content (AvgIpc) is 3.33. The van der Waals surface area contributed by atoms with Crippen molar-refractivity contribution in [3.05, 3.63) is 106 Å². The molecular formula is C26H20N4O3S. The molecule has 0 bridgehead atoms. The van der Waals surface area contributed by atoms with Crippen LogP contribution in [0, 0.1) is 0 Å². The maximum absolute atomic E-state index is 13.1. The van der Waals surface area contributed by atoms with Crippen LogP contribution >= 0.6 is 11.3 Å². The smallest absolute Gasteiger partial charge is 0.275 e. The lowest BCUT2D eigenvalue weighted by Gasteiger charge is -2.29. The summed E-state index contributed by atoms with van der Waals surface area (Å²) >= 11 is 1.45. The molecule has 1 aliphatic rings. The molecule has 8 heteroatoms. The Morgan fingerprint density at radius 3 is 2.50 bits per heavy atom. The lowest BCUT2D eigenvalue weighted by atomic mass is 10.1. The van der Waals surface area contributed by atoms with Gasteiger partial charge in [0.1, 0.15) is 12.2 Å². The summed E-state index contributed by atoms with van der Waals surface area (Å²) < 4.78 is 0. The van der Waals surface area contributed by atoms with Crippen LogP contribution in [0.3, 0.4) is 0 Å². The molecule has 1 aliphatic heterocycles. The van der Waals surface area contributed by atoms with Gasteiger partial charge in [0.05, 0.1) is 16.4 Å². The number of anilines is 3. The quantitative estimate of drug-likeness (QED) is 0.448. The molecule has 0 spiro atoms. The second-order valence-corrected chi connectivity index (χ2v) is 8.72. The summed E-state index contributed by atoms with van der Waals surface area (Å²) in [7, 11) is 0. The third-order valence-corrected chi connectivity index (χ3v) is 6.24. The van der Waals surface area contributed by atoms with E-state index in [-0.39, 0.29) is 24.3 Å². The first kappa shape index (κ1) is 21.5. The summed E-state index contributed by atoms with van der Waals surface area (Å²) in [5, 5.41) is 8.20. The number of carbonyl (C=O) groups excluding carboxylic acids is 3. The van der Waals surface area contributed by atoms with Crippen molar-refractivity contribution in [2.24, 2.45) is 0 Å². The van der Waals surface area contributed by atoms with Crippen molar-refractivity contribution in [2.75, 3.05) is 22.1 Å². The average molecular weight is 469 g/mol. The van der Waals surface area contributed by atoms with E-state index in [1.54, 1.807) is 47.8 Å². The molecule has 0 atom stereocenters. The Kier molecular flexibility index (Phi) is 5.88. The first-order valence-corrected chi connectivity index (χ1v) is 11.6. The maximum Gasteiger partial charge on any atom is 0.275 e. The predicted molar refractivity (Wildman–Crippen MR) is 133 cm³/mol. The van der Waals surface area contributed by atoms with Gasteiger partial charge in [0.25, 0.3) is 11.8 Å². The zero-order valence-corrected chi connectivity index (χ0v) is 18.8. The van der Waals surface area contributed by atoms with E-state index in [9.17, 15) is 14.4 Å². The summed E-state index contributed by atoms with van der Waals surface area (Å²) in [6.45, 7) is -0.0521. The van der Waals surface area contributed by atoms with Crippen LogP contribution < -0.4 is 15.5 Å². The van der Waals surface area contributed by atoms with E-state index in [1.165, 1.54) is 16.2 Å². The monoisotopic (exact) mass is 468 g/mol. The van der Waals surface area contributed by atoms with Gasteiger partial charge < -0.3 is 10.6 Å². The van der Waals surface area contributed by atoms with Crippen molar-refractivity contribution >= 4 is 46.1 Å². The van der Waals surface area contributed by atoms with Gasteiger partial charge in [0.2, 0.25) is 5.91 Å². The van der Waals surface area contributed by atoms with Crippen molar-refractivity contribution in [3.63, 3.8) is 0 Å². The van der Waals surface area contributed by atoms with Gasteiger partial charge >= 0.3 is 0 Å². The van der Waals surface area contributed by atoms with Crippen LogP contribution in [-0.4, -0.2) is 29.3 Å². The molecule has 0 fully saturated rings. The molecule has 168 valence electrons. The number of amides is 3. The Labute approximate surface area is 200 Å². The second-order valence-electron chi connectivity index (χ2n) is 7.78. The van der Waals surface area contributed by atoms with Crippen LogP contribution in [-0.2, 0) is 11.2 Å². The Hall–Kier alpha value is -4.30. The van der Waals surface area contributed by atoms with Crippen molar-refractivity contribution in [1.29, 1.82) is 0 Å². The van der Waals surface area contributed by atoms with Crippen LogP contribution in [0.1, 0.15) is 31.4 Å². The maximum atomic E-state index is 13.1. The second kappa shape index (κ2) is 9.29. The van der Waals surface area contributed by atoms with E-state index < -0.39 is 0 Å². The molecule has 4 aromatic rings. The topological polar surface area (TPSA) is 91.4 Å². The summed E-state index contributed by atoms with van der Waals surface area (Å²) in [6, 6.07) is 23.7. The van der Waals surface area contributed by atoms with Crippen molar-refractivity contribution in [2.45, 2.75) is 6.42 Å². The number of fused-ring (bicyclic) bond motifs is 1. The number of carbonyl (C=O) groups is 3.